The van der Waals surface area contributed by atoms with Crippen molar-refractivity contribution in [2.75, 3.05) is 10.6 Å². The maximum Gasteiger partial charge on any atom is 0.275 e. The van der Waals surface area contributed by atoms with E-state index in [0.29, 0.717) is 21.4 Å². The van der Waals surface area contributed by atoms with Crippen LogP contribution in [-0.2, 0) is 0 Å². The Labute approximate surface area is 153 Å². The molecule has 126 valence electrons. The van der Waals surface area contributed by atoms with E-state index in [9.17, 15) is 9.59 Å². The molecule has 1 heterocycles. The molecule has 2 amide bonds. The van der Waals surface area contributed by atoms with Gasteiger partial charge in [0.25, 0.3) is 11.8 Å². The van der Waals surface area contributed by atoms with Gasteiger partial charge in [0.15, 0.2) is 5.13 Å². The van der Waals surface area contributed by atoms with Crippen molar-refractivity contribution in [2.45, 2.75) is 6.92 Å². The van der Waals surface area contributed by atoms with Gasteiger partial charge in [0.05, 0.1) is 0 Å². The number of carbonyl (C=O) groups excluding carboxylic acids is 2. The highest BCUT2D eigenvalue weighted by Crippen LogP contribution is 2.22. The van der Waals surface area contributed by atoms with E-state index in [2.05, 4.69) is 15.6 Å². The highest BCUT2D eigenvalue weighted by molar-refractivity contribution is 7.14. The summed E-state index contributed by atoms with van der Waals surface area (Å²) in [4.78, 5) is 28.5. The zero-order valence-electron chi connectivity index (χ0n) is 13.2. The van der Waals surface area contributed by atoms with Crippen molar-refractivity contribution in [1.82, 2.24) is 4.98 Å². The predicted octanol–water partition coefficient (Wildman–Crippen LogP) is 4.61. The van der Waals surface area contributed by atoms with Gasteiger partial charge in [-0.25, -0.2) is 4.98 Å². The van der Waals surface area contributed by atoms with E-state index in [0.717, 1.165) is 5.56 Å². The van der Waals surface area contributed by atoms with Crippen molar-refractivity contribution in [2.24, 2.45) is 0 Å². The zero-order valence-corrected chi connectivity index (χ0v) is 14.8. The van der Waals surface area contributed by atoms with Crippen LogP contribution in [0, 0.1) is 6.92 Å². The Morgan fingerprint density at radius 1 is 1.04 bits per heavy atom. The Morgan fingerprint density at radius 2 is 1.80 bits per heavy atom. The van der Waals surface area contributed by atoms with E-state index < -0.39 is 0 Å². The number of aromatic nitrogens is 1. The third-order valence-corrected chi connectivity index (χ3v) is 4.59. The molecular weight excluding hydrogens is 358 g/mol. The van der Waals surface area contributed by atoms with Crippen molar-refractivity contribution in [1.29, 1.82) is 0 Å². The van der Waals surface area contributed by atoms with Crippen LogP contribution in [0.5, 0.6) is 0 Å². The van der Waals surface area contributed by atoms with E-state index >= 15 is 0 Å². The van der Waals surface area contributed by atoms with Crippen LogP contribution in [0.15, 0.2) is 53.9 Å². The van der Waals surface area contributed by atoms with E-state index in [1.54, 1.807) is 41.8 Å². The number of rotatable bonds is 4. The van der Waals surface area contributed by atoms with Gasteiger partial charge in [-0.3, -0.25) is 14.9 Å². The number of nitrogens with one attached hydrogen (secondary N) is 2. The molecule has 0 spiro atoms. The summed E-state index contributed by atoms with van der Waals surface area (Å²) in [7, 11) is 0. The molecule has 2 N–H and O–H groups in total. The second kappa shape index (κ2) is 7.46. The average Bonchev–Trinajstić information content (AvgIpc) is 3.07. The summed E-state index contributed by atoms with van der Waals surface area (Å²) < 4.78 is 0. The lowest BCUT2D eigenvalue weighted by molar-refractivity contribution is 0.101. The molecule has 5 nitrogen and oxygen atoms in total. The number of hydrogen-bond donors (Lipinski definition) is 2. The van der Waals surface area contributed by atoms with Crippen molar-refractivity contribution in [3.05, 3.63) is 75.8 Å². The Hall–Kier alpha value is -2.70. The van der Waals surface area contributed by atoms with Gasteiger partial charge >= 0.3 is 0 Å². The number of carbonyl (C=O) groups is 2. The number of aryl methyl sites for hydroxylation is 1. The summed E-state index contributed by atoms with van der Waals surface area (Å²) >= 11 is 7.24. The molecule has 25 heavy (non-hydrogen) atoms. The highest BCUT2D eigenvalue weighted by Gasteiger charge is 2.14. The molecule has 0 atom stereocenters. The fourth-order valence-corrected chi connectivity index (χ4v) is 2.93. The van der Waals surface area contributed by atoms with Gasteiger partial charge in [-0.2, -0.15) is 0 Å². The van der Waals surface area contributed by atoms with Gasteiger partial charge in [-0.1, -0.05) is 35.9 Å². The normalized spacial score (nSPS) is 10.3. The van der Waals surface area contributed by atoms with Crippen LogP contribution in [0.2, 0.25) is 5.02 Å². The van der Waals surface area contributed by atoms with Crippen molar-refractivity contribution < 1.29 is 9.59 Å². The minimum absolute atomic E-state index is 0.227. The third-order valence-electron chi connectivity index (χ3n) is 3.42. The first kappa shape index (κ1) is 17.1. The first-order chi connectivity index (χ1) is 12.0. The van der Waals surface area contributed by atoms with E-state index in [1.165, 1.54) is 11.3 Å². The monoisotopic (exact) mass is 371 g/mol. The quantitative estimate of drug-likeness (QED) is 0.703. The van der Waals surface area contributed by atoms with E-state index in [-0.39, 0.29) is 17.5 Å². The lowest BCUT2D eigenvalue weighted by Crippen LogP contribution is -2.14. The van der Waals surface area contributed by atoms with E-state index in [1.807, 2.05) is 19.1 Å². The molecule has 0 saturated carbocycles. The summed E-state index contributed by atoms with van der Waals surface area (Å²) in [5, 5.41) is 7.94. The maximum absolute atomic E-state index is 12.3. The molecule has 0 fully saturated rings. The standard InChI is InChI=1S/C18H14ClN3O2S/c1-11-7-8-13(9-14(11)19)20-17(24)15-10-25-18(21-15)22-16(23)12-5-3-2-4-6-12/h2-10H,1H3,(H,20,24)(H,21,22,23). The SMILES string of the molecule is Cc1ccc(NC(=O)c2csc(NC(=O)c3ccccc3)n2)cc1Cl. The molecular formula is C18H14ClN3O2S. The summed E-state index contributed by atoms with van der Waals surface area (Å²) in [6.45, 7) is 1.88. The zero-order chi connectivity index (χ0) is 17.8. The number of amides is 2. The largest absolute Gasteiger partial charge is 0.321 e. The van der Waals surface area contributed by atoms with E-state index in [4.69, 9.17) is 11.6 Å². The van der Waals surface area contributed by atoms with Crippen LogP contribution in [0.25, 0.3) is 0 Å². The fourth-order valence-electron chi connectivity index (χ4n) is 2.06. The Morgan fingerprint density at radius 3 is 2.52 bits per heavy atom. The molecule has 0 saturated heterocycles. The minimum Gasteiger partial charge on any atom is -0.321 e. The first-order valence-corrected chi connectivity index (χ1v) is 8.68. The molecule has 3 rings (SSSR count). The molecule has 0 unspecified atom stereocenters. The van der Waals surface area contributed by atoms with Crippen LogP contribution in [0.1, 0.15) is 26.4 Å². The number of hydrogen-bond acceptors (Lipinski definition) is 4. The summed E-state index contributed by atoms with van der Waals surface area (Å²) in [6.07, 6.45) is 0. The Bertz CT molecular complexity index is 925. The number of anilines is 2. The lowest BCUT2D eigenvalue weighted by Gasteiger charge is -2.05. The molecule has 2 aromatic carbocycles. The van der Waals surface area contributed by atoms with Crippen LogP contribution in [-0.4, -0.2) is 16.8 Å². The molecule has 0 aliphatic rings. The minimum atomic E-state index is -0.364. The number of halogens is 1. The van der Waals surface area contributed by atoms with Gasteiger partial charge in [0.2, 0.25) is 0 Å². The van der Waals surface area contributed by atoms with Crippen molar-refractivity contribution >= 4 is 45.6 Å². The van der Waals surface area contributed by atoms with Gasteiger partial charge in [0, 0.05) is 21.7 Å². The summed E-state index contributed by atoms with van der Waals surface area (Å²) in [5.74, 6) is -0.636. The van der Waals surface area contributed by atoms with Crippen LogP contribution in [0.4, 0.5) is 10.8 Å². The van der Waals surface area contributed by atoms with Crippen LogP contribution >= 0.6 is 22.9 Å². The van der Waals surface area contributed by atoms with Crippen molar-refractivity contribution in [3.8, 4) is 0 Å². The molecule has 0 aliphatic heterocycles. The molecule has 0 bridgehead atoms. The summed E-state index contributed by atoms with van der Waals surface area (Å²) in [5.41, 5.74) is 2.27. The second-order valence-corrected chi connectivity index (χ2v) is 6.54. The van der Waals surface area contributed by atoms with Crippen LogP contribution < -0.4 is 10.6 Å². The maximum atomic E-state index is 12.3. The lowest BCUT2D eigenvalue weighted by atomic mass is 10.2. The molecule has 3 aromatic rings. The molecule has 7 heteroatoms. The molecule has 1 aromatic heterocycles. The van der Waals surface area contributed by atoms with Gasteiger partial charge in [-0.15, -0.1) is 11.3 Å². The Kier molecular flexibility index (Phi) is 5.11. The smallest absolute Gasteiger partial charge is 0.275 e. The Balaban J connectivity index is 1.67. The number of thiazole rings is 1. The number of benzene rings is 2. The topological polar surface area (TPSA) is 71.1 Å². The second-order valence-electron chi connectivity index (χ2n) is 5.28. The van der Waals surface area contributed by atoms with Gasteiger partial charge in [0.1, 0.15) is 5.69 Å². The van der Waals surface area contributed by atoms with Gasteiger partial charge in [-0.05, 0) is 36.8 Å². The van der Waals surface area contributed by atoms with Crippen LogP contribution in [0.3, 0.4) is 0 Å². The molecule has 0 radical (unpaired) electrons. The average molecular weight is 372 g/mol. The fraction of sp³-hybridized carbons (Fsp3) is 0.0556. The summed E-state index contributed by atoms with van der Waals surface area (Å²) in [6, 6.07) is 14.1. The molecule has 0 aliphatic carbocycles. The highest BCUT2D eigenvalue weighted by atomic mass is 35.5. The first-order valence-electron chi connectivity index (χ1n) is 7.42. The van der Waals surface area contributed by atoms with Crippen molar-refractivity contribution in [3.63, 3.8) is 0 Å². The number of nitrogens with zero attached hydrogens (tertiary/aromatic N) is 1. The third kappa shape index (κ3) is 4.23. The predicted molar refractivity (Wildman–Crippen MR) is 101 cm³/mol. The van der Waals surface area contributed by atoms with Gasteiger partial charge < -0.3 is 5.32 Å².